The number of alkyl halides is 1. The smallest absolute Gasteiger partial charge is 0.414 e. The van der Waals surface area contributed by atoms with Crippen LogP contribution < -0.4 is 5.32 Å². The van der Waals surface area contributed by atoms with Gasteiger partial charge in [0.15, 0.2) is 0 Å². The Morgan fingerprint density at radius 2 is 1.61 bits per heavy atom. The predicted octanol–water partition coefficient (Wildman–Crippen LogP) is 2.73. The van der Waals surface area contributed by atoms with Gasteiger partial charge in [0, 0.05) is 0 Å². The average Bonchev–Trinajstić information content (AvgIpc) is 2.81. The fourth-order valence-electron chi connectivity index (χ4n) is 1.74. The van der Waals surface area contributed by atoms with Crippen LogP contribution in [0.1, 0.15) is 40.3 Å². The van der Waals surface area contributed by atoms with Crippen molar-refractivity contribution >= 4 is 35.5 Å². The van der Waals surface area contributed by atoms with E-state index in [9.17, 15) is 14.4 Å². The topological polar surface area (TPSA) is 104 Å². The number of rotatable bonds is 7. The van der Waals surface area contributed by atoms with Crippen molar-refractivity contribution in [3.05, 3.63) is 16.9 Å². The first kappa shape index (κ1) is 18.8. The number of carbonyl (C=O) groups is 3. The van der Waals surface area contributed by atoms with Gasteiger partial charge < -0.3 is 18.6 Å². The van der Waals surface area contributed by atoms with Gasteiger partial charge >= 0.3 is 18.0 Å². The van der Waals surface area contributed by atoms with Gasteiger partial charge in [0.2, 0.25) is 5.88 Å². The molecule has 0 radical (unpaired) electrons. The normalized spacial score (nSPS) is 10.1. The summed E-state index contributed by atoms with van der Waals surface area (Å²) in [7, 11) is 0. The van der Waals surface area contributed by atoms with Crippen molar-refractivity contribution in [1.82, 2.24) is 0 Å². The summed E-state index contributed by atoms with van der Waals surface area (Å²) in [6.45, 7) is 4.88. The Morgan fingerprint density at radius 3 is 2.13 bits per heavy atom. The molecule has 0 unspecified atom stereocenters. The Labute approximate surface area is 138 Å². The second kappa shape index (κ2) is 9.04. The molecule has 0 bridgehead atoms. The third kappa shape index (κ3) is 4.88. The summed E-state index contributed by atoms with van der Waals surface area (Å²) in [6.07, 6.45) is -0.875. The quantitative estimate of drug-likeness (QED) is 0.459. The molecule has 8 nitrogen and oxygen atoms in total. The molecular formula is C14H18ClNO7. The van der Waals surface area contributed by atoms with Crippen molar-refractivity contribution in [1.29, 1.82) is 0 Å². The second-order valence-corrected chi connectivity index (χ2v) is 4.51. The van der Waals surface area contributed by atoms with Crippen LogP contribution in [0.15, 0.2) is 4.42 Å². The summed E-state index contributed by atoms with van der Waals surface area (Å²) in [4.78, 5) is 35.7. The van der Waals surface area contributed by atoms with Crippen LogP contribution in [-0.2, 0) is 14.2 Å². The molecule has 0 fully saturated rings. The summed E-state index contributed by atoms with van der Waals surface area (Å²) < 4.78 is 19.8. The van der Waals surface area contributed by atoms with E-state index in [0.29, 0.717) is 0 Å². The maximum absolute atomic E-state index is 12.1. The number of furan rings is 1. The molecule has 23 heavy (non-hydrogen) atoms. The zero-order valence-electron chi connectivity index (χ0n) is 13.1. The lowest BCUT2D eigenvalue weighted by Crippen LogP contribution is -2.18. The van der Waals surface area contributed by atoms with Gasteiger partial charge in [-0.15, -0.1) is 11.6 Å². The molecule has 0 aliphatic rings. The van der Waals surface area contributed by atoms with Crippen LogP contribution in [0.25, 0.3) is 0 Å². The van der Waals surface area contributed by atoms with Crippen molar-refractivity contribution in [3.8, 4) is 0 Å². The molecule has 0 spiro atoms. The van der Waals surface area contributed by atoms with Gasteiger partial charge in [-0.1, -0.05) is 0 Å². The van der Waals surface area contributed by atoms with E-state index in [-0.39, 0.29) is 48.5 Å². The number of hydrogen-bond acceptors (Lipinski definition) is 7. The number of aryl methyl sites for hydroxylation is 1. The lowest BCUT2D eigenvalue weighted by atomic mass is 10.1. The Balaban J connectivity index is 3.18. The molecule has 0 aliphatic carbocycles. The summed E-state index contributed by atoms with van der Waals surface area (Å²) in [6, 6.07) is 0. The molecule has 0 atom stereocenters. The first-order valence-electron chi connectivity index (χ1n) is 6.93. The first-order chi connectivity index (χ1) is 11.0. The number of hydrogen-bond donors (Lipinski definition) is 1. The highest BCUT2D eigenvalue weighted by Gasteiger charge is 2.31. The minimum Gasteiger partial charge on any atom is -0.462 e. The standard InChI is InChI=1S/C14H18ClNO7/c1-4-20-12(17)9-8(3)23-11(10(9)13(18)21-5-2)16-14(19)22-7-6-15/h4-7H2,1-3H3,(H,16,19). The molecule has 1 aromatic rings. The second-order valence-electron chi connectivity index (χ2n) is 4.13. The van der Waals surface area contributed by atoms with E-state index >= 15 is 0 Å². The lowest BCUT2D eigenvalue weighted by molar-refractivity contribution is 0.0480. The number of esters is 2. The third-order valence-electron chi connectivity index (χ3n) is 2.57. The lowest BCUT2D eigenvalue weighted by Gasteiger charge is -2.07. The summed E-state index contributed by atoms with van der Waals surface area (Å²) in [5, 5.41) is 2.25. The van der Waals surface area contributed by atoms with E-state index in [0.717, 1.165) is 0 Å². The zero-order chi connectivity index (χ0) is 17.4. The summed E-state index contributed by atoms with van der Waals surface area (Å²) >= 11 is 5.41. The fraction of sp³-hybridized carbons (Fsp3) is 0.500. The maximum atomic E-state index is 12.1. The molecule has 1 amide bonds. The number of halogens is 1. The van der Waals surface area contributed by atoms with Crippen molar-refractivity contribution in [2.45, 2.75) is 20.8 Å². The Hall–Kier alpha value is -2.22. The third-order valence-corrected chi connectivity index (χ3v) is 2.72. The van der Waals surface area contributed by atoms with Crippen LogP contribution in [0.4, 0.5) is 10.7 Å². The summed E-state index contributed by atoms with van der Waals surface area (Å²) in [5.41, 5.74) is -0.316. The van der Waals surface area contributed by atoms with Crippen molar-refractivity contribution in [2.75, 3.05) is 31.0 Å². The van der Waals surface area contributed by atoms with E-state index < -0.39 is 18.0 Å². The van der Waals surface area contributed by atoms with E-state index in [1.165, 1.54) is 6.92 Å². The minimum absolute atomic E-state index is 0.0213. The van der Waals surface area contributed by atoms with Gasteiger partial charge in [-0.05, 0) is 20.8 Å². The number of carbonyl (C=O) groups excluding carboxylic acids is 3. The maximum Gasteiger partial charge on any atom is 0.414 e. The molecule has 0 saturated carbocycles. The fourth-order valence-corrected chi connectivity index (χ4v) is 1.82. The zero-order valence-corrected chi connectivity index (χ0v) is 13.8. The Bertz CT molecular complexity index is 582. The average molecular weight is 348 g/mol. The Morgan fingerprint density at radius 1 is 1.04 bits per heavy atom. The molecule has 1 N–H and O–H groups in total. The molecule has 0 aliphatic heterocycles. The monoisotopic (exact) mass is 347 g/mol. The van der Waals surface area contributed by atoms with Crippen LogP contribution in [0.2, 0.25) is 0 Å². The van der Waals surface area contributed by atoms with Gasteiger partial charge in [-0.25, -0.2) is 14.4 Å². The number of anilines is 1. The van der Waals surface area contributed by atoms with E-state index in [1.807, 2.05) is 0 Å². The molecule has 0 aromatic carbocycles. The summed E-state index contributed by atoms with van der Waals surface area (Å²) in [5.74, 6) is -1.59. The van der Waals surface area contributed by atoms with E-state index in [1.54, 1.807) is 13.8 Å². The van der Waals surface area contributed by atoms with Crippen molar-refractivity contribution < 1.29 is 33.0 Å². The molecular weight excluding hydrogens is 330 g/mol. The Kier molecular flexibility index (Phi) is 7.40. The number of amides is 1. The van der Waals surface area contributed by atoms with Crippen LogP contribution >= 0.6 is 11.6 Å². The highest BCUT2D eigenvalue weighted by Crippen LogP contribution is 2.29. The van der Waals surface area contributed by atoms with Crippen molar-refractivity contribution in [3.63, 3.8) is 0 Å². The minimum atomic E-state index is -0.875. The van der Waals surface area contributed by atoms with E-state index in [2.05, 4.69) is 5.32 Å². The largest absolute Gasteiger partial charge is 0.462 e. The van der Waals surface area contributed by atoms with Crippen LogP contribution in [0.5, 0.6) is 0 Å². The van der Waals surface area contributed by atoms with Gasteiger partial charge in [0.05, 0.1) is 19.1 Å². The van der Waals surface area contributed by atoms with Crippen LogP contribution in [-0.4, -0.2) is 43.7 Å². The number of nitrogens with one attached hydrogen (secondary N) is 1. The molecule has 1 heterocycles. The molecule has 9 heteroatoms. The highest BCUT2D eigenvalue weighted by atomic mass is 35.5. The van der Waals surface area contributed by atoms with Gasteiger partial charge in [-0.2, -0.15) is 0 Å². The van der Waals surface area contributed by atoms with Gasteiger partial charge in [0.25, 0.3) is 0 Å². The molecule has 1 rings (SSSR count). The van der Waals surface area contributed by atoms with E-state index in [4.69, 9.17) is 30.2 Å². The number of ether oxygens (including phenoxy) is 3. The first-order valence-corrected chi connectivity index (χ1v) is 7.47. The predicted molar refractivity (Wildman–Crippen MR) is 81.0 cm³/mol. The van der Waals surface area contributed by atoms with Gasteiger partial charge in [0.1, 0.15) is 23.5 Å². The van der Waals surface area contributed by atoms with Crippen LogP contribution in [0.3, 0.4) is 0 Å². The van der Waals surface area contributed by atoms with Crippen molar-refractivity contribution in [2.24, 2.45) is 0 Å². The molecule has 0 saturated heterocycles. The molecule has 1 aromatic heterocycles. The SMILES string of the molecule is CCOC(=O)c1c(C)oc(NC(=O)OCCCl)c1C(=O)OCC. The molecule has 128 valence electrons. The van der Waals surface area contributed by atoms with Crippen LogP contribution in [0, 0.1) is 6.92 Å². The van der Waals surface area contributed by atoms with Gasteiger partial charge in [-0.3, -0.25) is 5.32 Å². The highest BCUT2D eigenvalue weighted by molar-refractivity contribution is 6.18.